The first-order valence-electron chi connectivity index (χ1n) is 9.30. The third kappa shape index (κ3) is 3.34. The van der Waals surface area contributed by atoms with Crippen molar-refractivity contribution in [3.63, 3.8) is 0 Å². The highest BCUT2D eigenvalue weighted by Gasteiger charge is 2.43. The number of amides is 2. The summed E-state index contributed by atoms with van der Waals surface area (Å²) < 4.78 is 0. The fraction of sp³-hybridized carbons (Fsp3) is 0.632. The van der Waals surface area contributed by atoms with Crippen LogP contribution in [0.2, 0.25) is 0 Å². The van der Waals surface area contributed by atoms with Crippen molar-refractivity contribution in [3.8, 4) is 0 Å². The van der Waals surface area contributed by atoms with Crippen LogP contribution in [-0.4, -0.2) is 65.4 Å². The van der Waals surface area contributed by atoms with Crippen molar-refractivity contribution < 1.29 is 9.59 Å². The molecule has 0 N–H and O–H groups in total. The van der Waals surface area contributed by atoms with Crippen LogP contribution in [0.4, 0.5) is 5.69 Å². The Kier molecular flexibility index (Phi) is 4.13. The van der Waals surface area contributed by atoms with Gasteiger partial charge in [-0.1, -0.05) is 0 Å². The summed E-state index contributed by atoms with van der Waals surface area (Å²) in [5, 5.41) is 0. The molecular formula is C19H26N4O2. The lowest BCUT2D eigenvalue weighted by Crippen LogP contribution is -2.50. The van der Waals surface area contributed by atoms with Crippen LogP contribution in [0.1, 0.15) is 30.7 Å². The molecule has 3 fully saturated rings. The summed E-state index contributed by atoms with van der Waals surface area (Å²) >= 11 is 0. The van der Waals surface area contributed by atoms with E-state index in [0.717, 1.165) is 50.4 Å². The lowest BCUT2D eigenvalue weighted by molar-refractivity contribution is -0.136. The fourth-order valence-electron chi connectivity index (χ4n) is 4.07. The second-order valence-corrected chi connectivity index (χ2v) is 7.60. The van der Waals surface area contributed by atoms with Crippen LogP contribution in [0.3, 0.4) is 0 Å². The molecule has 0 aromatic carbocycles. The Morgan fingerprint density at radius 1 is 1.08 bits per heavy atom. The Bertz CT molecular complexity index is 672. The molecule has 1 unspecified atom stereocenters. The molecule has 0 spiro atoms. The van der Waals surface area contributed by atoms with Crippen LogP contribution >= 0.6 is 0 Å². The second kappa shape index (κ2) is 6.32. The molecule has 3 heterocycles. The average molecular weight is 342 g/mol. The zero-order valence-corrected chi connectivity index (χ0v) is 15.1. The standard InChI is InChI=1S/C19H26N4O2/c1-13-9-17(10-14(2)20-13)21-5-7-22(8-6-21)19(25)15-11-18(24)23(12-15)16-3-4-16/h9-10,15-16H,3-8,11-12H2,1-2H3. The first kappa shape index (κ1) is 16.4. The van der Waals surface area contributed by atoms with E-state index in [1.165, 1.54) is 5.69 Å². The predicted molar refractivity (Wildman–Crippen MR) is 95.3 cm³/mol. The van der Waals surface area contributed by atoms with Crippen LogP contribution in [-0.2, 0) is 9.59 Å². The Labute approximate surface area is 148 Å². The highest BCUT2D eigenvalue weighted by Crippen LogP contribution is 2.33. The summed E-state index contributed by atoms with van der Waals surface area (Å²) in [4.78, 5) is 35.5. The number of pyridine rings is 1. The number of hydrogen-bond donors (Lipinski definition) is 0. The van der Waals surface area contributed by atoms with Gasteiger partial charge in [0.1, 0.15) is 0 Å². The first-order valence-corrected chi connectivity index (χ1v) is 9.30. The van der Waals surface area contributed by atoms with Crippen LogP contribution < -0.4 is 4.90 Å². The predicted octanol–water partition coefficient (Wildman–Crippen LogP) is 1.36. The molecule has 2 saturated heterocycles. The van der Waals surface area contributed by atoms with E-state index < -0.39 is 0 Å². The van der Waals surface area contributed by atoms with E-state index in [-0.39, 0.29) is 17.7 Å². The third-order valence-corrected chi connectivity index (χ3v) is 5.52. The van der Waals surface area contributed by atoms with E-state index in [4.69, 9.17) is 0 Å². The average Bonchev–Trinajstić information content (AvgIpc) is 3.35. The summed E-state index contributed by atoms with van der Waals surface area (Å²) in [7, 11) is 0. The summed E-state index contributed by atoms with van der Waals surface area (Å²) in [6.07, 6.45) is 2.62. The first-order chi connectivity index (χ1) is 12.0. The number of rotatable bonds is 3. The van der Waals surface area contributed by atoms with E-state index in [2.05, 4.69) is 22.0 Å². The maximum absolute atomic E-state index is 12.8. The lowest BCUT2D eigenvalue weighted by atomic mass is 10.1. The van der Waals surface area contributed by atoms with Gasteiger partial charge in [0.25, 0.3) is 0 Å². The number of anilines is 1. The maximum atomic E-state index is 12.8. The molecule has 2 amide bonds. The number of piperazine rings is 1. The van der Waals surface area contributed by atoms with Gasteiger partial charge in [0.15, 0.2) is 0 Å². The van der Waals surface area contributed by atoms with Crippen molar-refractivity contribution in [1.82, 2.24) is 14.8 Å². The third-order valence-electron chi connectivity index (χ3n) is 5.52. The zero-order chi connectivity index (χ0) is 17.6. The molecule has 0 radical (unpaired) electrons. The Hall–Kier alpha value is -2.11. The van der Waals surface area contributed by atoms with Gasteiger partial charge in [-0.05, 0) is 38.8 Å². The highest BCUT2D eigenvalue weighted by molar-refractivity contribution is 5.89. The fourth-order valence-corrected chi connectivity index (χ4v) is 4.07. The van der Waals surface area contributed by atoms with Gasteiger partial charge in [-0.3, -0.25) is 14.6 Å². The van der Waals surface area contributed by atoms with Crippen molar-refractivity contribution in [2.45, 2.75) is 39.2 Å². The lowest BCUT2D eigenvalue weighted by Gasteiger charge is -2.37. The zero-order valence-electron chi connectivity index (χ0n) is 15.1. The van der Waals surface area contributed by atoms with Gasteiger partial charge in [-0.15, -0.1) is 0 Å². The molecule has 25 heavy (non-hydrogen) atoms. The van der Waals surface area contributed by atoms with Gasteiger partial charge in [-0.25, -0.2) is 0 Å². The van der Waals surface area contributed by atoms with E-state index in [0.29, 0.717) is 19.0 Å². The minimum Gasteiger partial charge on any atom is -0.368 e. The Morgan fingerprint density at radius 3 is 2.32 bits per heavy atom. The number of carbonyl (C=O) groups excluding carboxylic acids is 2. The number of hydrogen-bond acceptors (Lipinski definition) is 4. The Balaban J connectivity index is 1.35. The Morgan fingerprint density at radius 2 is 1.72 bits per heavy atom. The number of nitrogens with zero attached hydrogens (tertiary/aromatic N) is 4. The molecule has 4 rings (SSSR count). The number of carbonyl (C=O) groups is 2. The van der Waals surface area contributed by atoms with Gasteiger partial charge < -0.3 is 14.7 Å². The molecule has 1 aliphatic carbocycles. The topological polar surface area (TPSA) is 56.8 Å². The smallest absolute Gasteiger partial charge is 0.228 e. The van der Waals surface area contributed by atoms with Crippen LogP contribution in [0, 0.1) is 19.8 Å². The quantitative estimate of drug-likeness (QED) is 0.832. The molecular weight excluding hydrogens is 316 g/mol. The minimum atomic E-state index is -0.134. The number of likely N-dealkylation sites (tertiary alicyclic amines) is 1. The molecule has 134 valence electrons. The van der Waals surface area contributed by atoms with Crippen LogP contribution in [0.5, 0.6) is 0 Å². The summed E-state index contributed by atoms with van der Waals surface area (Å²) in [6, 6.07) is 4.63. The molecule has 6 heteroatoms. The molecule has 0 bridgehead atoms. The monoisotopic (exact) mass is 342 g/mol. The van der Waals surface area contributed by atoms with E-state index in [1.54, 1.807) is 0 Å². The van der Waals surface area contributed by atoms with Crippen molar-refractivity contribution >= 4 is 17.5 Å². The molecule has 6 nitrogen and oxygen atoms in total. The van der Waals surface area contributed by atoms with Gasteiger partial charge in [-0.2, -0.15) is 0 Å². The maximum Gasteiger partial charge on any atom is 0.228 e. The van der Waals surface area contributed by atoms with E-state index in [1.807, 2.05) is 23.6 Å². The normalized spacial score (nSPS) is 24.2. The summed E-state index contributed by atoms with van der Waals surface area (Å²) in [6.45, 7) is 7.79. The second-order valence-electron chi connectivity index (χ2n) is 7.60. The van der Waals surface area contributed by atoms with Crippen molar-refractivity contribution in [3.05, 3.63) is 23.5 Å². The van der Waals surface area contributed by atoms with E-state index in [9.17, 15) is 9.59 Å². The van der Waals surface area contributed by atoms with Crippen molar-refractivity contribution in [2.75, 3.05) is 37.6 Å². The van der Waals surface area contributed by atoms with Crippen LogP contribution in [0.15, 0.2) is 12.1 Å². The molecule has 3 aliphatic rings. The minimum absolute atomic E-state index is 0.134. The van der Waals surface area contributed by atoms with Crippen LogP contribution in [0.25, 0.3) is 0 Å². The van der Waals surface area contributed by atoms with Crippen molar-refractivity contribution in [2.24, 2.45) is 5.92 Å². The van der Waals surface area contributed by atoms with Crippen molar-refractivity contribution in [1.29, 1.82) is 0 Å². The highest BCUT2D eigenvalue weighted by atomic mass is 16.2. The number of aryl methyl sites for hydroxylation is 2. The molecule has 2 aliphatic heterocycles. The number of aromatic nitrogens is 1. The van der Waals surface area contributed by atoms with Gasteiger partial charge in [0, 0.05) is 62.3 Å². The summed E-state index contributed by atoms with van der Waals surface area (Å²) in [5.41, 5.74) is 3.24. The molecule has 1 atom stereocenters. The molecule has 1 saturated carbocycles. The molecule has 1 aromatic rings. The van der Waals surface area contributed by atoms with E-state index >= 15 is 0 Å². The van der Waals surface area contributed by atoms with Gasteiger partial charge in [0.05, 0.1) is 5.92 Å². The largest absolute Gasteiger partial charge is 0.368 e. The SMILES string of the molecule is Cc1cc(N2CCN(C(=O)C3CC(=O)N(C4CC4)C3)CC2)cc(C)n1. The van der Waals surface area contributed by atoms with Gasteiger partial charge >= 0.3 is 0 Å². The molecule has 1 aromatic heterocycles. The summed E-state index contributed by atoms with van der Waals surface area (Å²) in [5.74, 6) is 0.200. The van der Waals surface area contributed by atoms with Gasteiger partial charge in [0.2, 0.25) is 11.8 Å².